The molecular formula is C17H17F3N2O2. The van der Waals surface area contributed by atoms with Gasteiger partial charge in [0, 0.05) is 31.2 Å². The van der Waals surface area contributed by atoms with Crippen molar-refractivity contribution < 1.29 is 23.1 Å². The number of urea groups is 1. The van der Waals surface area contributed by atoms with Crippen LogP contribution in [0.2, 0.25) is 0 Å². The number of amides is 2. The van der Waals surface area contributed by atoms with Crippen molar-refractivity contribution in [2.24, 2.45) is 0 Å². The minimum absolute atomic E-state index is 0.0549. The second kappa shape index (κ2) is 8.35. The highest BCUT2D eigenvalue weighted by atomic mass is 19.2. The summed E-state index contributed by atoms with van der Waals surface area (Å²) in [6.07, 6.45) is 0.434. The lowest BCUT2D eigenvalue weighted by Crippen LogP contribution is -2.33. The van der Waals surface area contributed by atoms with Crippen LogP contribution in [0.5, 0.6) is 0 Å². The number of anilines is 1. The minimum Gasteiger partial charge on any atom is -0.396 e. The lowest BCUT2D eigenvalue weighted by atomic mass is 9.96. The SMILES string of the molecule is O=C(NCC(CCO)c1ccccc1)Nc1cc(F)c(F)cc1F. The molecule has 0 radical (unpaired) electrons. The Labute approximate surface area is 137 Å². The predicted molar refractivity (Wildman–Crippen MR) is 84.2 cm³/mol. The van der Waals surface area contributed by atoms with Gasteiger partial charge in [0.2, 0.25) is 0 Å². The van der Waals surface area contributed by atoms with Gasteiger partial charge in [0.05, 0.1) is 5.69 Å². The number of halogens is 3. The van der Waals surface area contributed by atoms with E-state index < -0.39 is 29.2 Å². The summed E-state index contributed by atoms with van der Waals surface area (Å²) in [7, 11) is 0. The lowest BCUT2D eigenvalue weighted by Gasteiger charge is -2.17. The zero-order chi connectivity index (χ0) is 17.5. The number of rotatable bonds is 6. The number of hydrogen-bond donors (Lipinski definition) is 3. The Balaban J connectivity index is 1.98. The quantitative estimate of drug-likeness (QED) is 0.707. The van der Waals surface area contributed by atoms with Gasteiger partial charge in [0.15, 0.2) is 11.6 Å². The third-order valence-electron chi connectivity index (χ3n) is 3.52. The second-order valence-corrected chi connectivity index (χ2v) is 5.20. The molecule has 3 N–H and O–H groups in total. The molecule has 2 aromatic rings. The van der Waals surface area contributed by atoms with Gasteiger partial charge < -0.3 is 15.7 Å². The molecule has 128 valence electrons. The van der Waals surface area contributed by atoms with E-state index in [-0.39, 0.29) is 19.1 Å². The van der Waals surface area contributed by atoms with E-state index in [4.69, 9.17) is 5.11 Å². The summed E-state index contributed by atoms with van der Waals surface area (Å²) in [5.41, 5.74) is 0.482. The maximum atomic E-state index is 13.5. The molecule has 0 fully saturated rings. The van der Waals surface area contributed by atoms with E-state index in [1.807, 2.05) is 30.3 Å². The van der Waals surface area contributed by atoms with Crippen LogP contribution >= 0.6 is 0 Å². The zero-order valence-electron chi connectivity index (χ0n) is 12.7. The van der Waals surface area contributed by atoms with Crippen LogP contribution in [-0.2, 0) is 0 Å². The third-order valence-corrected chi connectivity index (χ3v) is 3.52. The van der Waals surface area contributed by atoms with Gasteiger partial charge in [0.25, 0.3) is 0 Å². The van der Waals surface area contributed by atoms with E-state index in [9.17, 15) is 18.0 Å². The molecule has 0 saturated carbocycles. The van der Waals surface area contributed by atoms with Crippen molar-refractivity contribution in [3.8, 4) is 0 Å². The Hall–Kier alpha value is -2.54. The van der Waals surface area contributed by atoms with Gasteiger partial charge in [-0.25, -0.2) is 18.0 Å². The van der Waals surface area contributed by atoms with Crippen molar-refractivity contribution in [3.63, 3.8) is 0 Å². The van der Waals surface area contributed by atoms with Crippen LogP contribution in [0.1, 0.15) is 17.9 Å². The van der Waals surface area contributed by atoms with Crippen molar-refractivity contribution in [3.05, 3.63) is 65.5 Å². The number of nitrogens with one attached hydrogen (secondary N) is 2. The van der Waals surface area contributed by atoms with Crippen LogP contribution < -0.4 is 10.6 Å². The van der Waals surface area contributed by atoms with E-state index >= 15 is 0 Å². The van der Waals surface area contributed by atoms with Crippen molar-refractivity contribution in [1.29, 1.82) is 0 Å². The van der Waals surface area contributed by atoms with Gasteiger partial charge in [0.1, 0.15) is 5.82 Å². The maximum Gasteiger partial charge on any atom is 0.319 e. The predicted octanol–water partition coefficient (Wildman–Crippen LogP) is 3.39. The Morgan fingerprint density at radius 3 is 2.38 bits per heavy atom. The van der Waals surface area contributed by atoms with Crippen LogP contribution in [0.3, 0.4) is 0 Å². The van der Waals surface area contributed by atoms with Crippen molar-refractivity contribution in [2.75, 3.05) is 18.5 Å². The number of carbonyl (C=O) groups excluding carboxylic acids is 1. The fourth-order valence-electron chi connectivity index (χ4n) is 2.27. The van der Waals surface area contributed by atoms with Crippen LogP contribution in [0.15, 0.2) is 42.5 Å². The first-order valence-electron chi connectivity index (χ1n) is 7.36. The van der Waals surface area contributed by atoms with Crippen molar-refractivity contribution in [1.82, 2.24) is 5.32 Å². The third kappa shape index (κ3) is 4.73. The zero-order valence-corrected chi connectivity index (χ0v) is 12.7. The molecular weight excluding hydrogens is 321 g/mol. The molecule has 0 aliphatic heterocycles. The van der Waals surface area contributed by atoms with E-state index in [1.54, 1.807) is 0 Å². The summed E-state index contributed by atoms with van der Waals surface area (Å²) in [5.74, 6) is -3.78. The van der Waals surface area contributed by atoms with E-state index in [0.29, 0.717) is 18.6 Å². The molecule has 4 nitrogen and oxygen atoms in total. The molecule has 0 aliphatic rings. The summed E-state index contributed by atoms with van der Waals surface area (Å²) in [5, 5.41) is 13.8. The molecule has 0 saturated heterocycles. The molecule has 1 atom stereocenters. The lowest BCUT2D eigenvalue weighted by molar-refractivity contribution is 0.248. The molecule has 1 unspecified atom stereocenters. The van der Waals surface area contributed by atoms with Crippen molar-refractivity contribution >= 4 is 11.7 Å². The number of aliphatic hydroxyl groups excluding tert-OH is 1. The molecule has 0 aromatic heterocycles. The maximum absolute atomic E-state index is 13.5. The van der Waals surface area contributed by atoms with Gasteiger partial charge in [-0.05, 0) is 12.0 Å². The fourth-order valence-corrected chi connectivity index (χ4v) is 2.27. The molecule has 0 spiro atoms. The summed E-state index contributed by atoms with van der Waals surface area (Å²) >= 11 is 0. The smallest absolute Gasteiger partial charge is 0.319 e. The summed E-state index contributed by atoms with van der Waals surface area (Å²) in [6.45, 7) is 0.141. The number of hydrogen-bond acceptors (Lipinski definition) is 2. The molecule has 24 heavy (non-hydrogen) atoms. The Kier molecular flexibility index (Phi) is 6.20. The molecule has 0 bridgehead atoms. The Morgan fingerprint density at radius 2 is 1.71 bits per heavy atom. The highest BCUT2D eigenvalue weighted by Crippen LogP contribution is 2.20. The highest BCUT2D eigenvalue weighted by molar-refractivity contribution is 5.89. The van der Waals surface area contributed by atoms with Crippen LogP contribution in [0.4, 0.5) is 23.7 Å². The van der Waals surface area contributed by atoms with Gasteiger partial charge in [-0.15, -0.1) is 0 Å². The number of carbonyl (C=O) groups is 1. The largest absolute Gasteiger partial charge is 0.396 e. The van der Waals surface area contributed by atoms with E-state index in [2.05, 4.69) is 10.6 Å². The fraction of sp³-hybridized carbons (Fsp3) is 0.235. The van der Waals surface area contributed by atoms with E-state index in [1.165, 1.54) is 0 Å². The molecule has 2 aromatic carbocycles. The summed E-state index contributed by atoms with van der Waals surface area (Å²) < 4.78 is 39.5. The van der Waals surface area contributed by atoms with Gasteiger partial charge in [-0.3, -0.25) is 0 Å². The standard InChI is InChI=1S/C17H17F3N2O2/c18-13-8-15(20)16(9-14(13)19)22-17(24)21-10-12(6-7-23)11-4-2-1-3-5-11/h1-5,8-9,12,23H,6-7,10H2,(H2,21,22,24). The Morgan fingerprint density at radius 1 is 1.04 bits per heavy atom. The first-order valence-corrected chi connectivity index (χ1v) is 7.36. The average molecular weight is 338 g/mol. The minimum atomic E-state index is -1.33. The molecule has 2 amide bonds. The van der Waals surface area contributed by atoms with Gasteiger partial charge >= 0.3 is 6.03 Å². The van der Waals surface area contributed by atoms with Crippen molar-refractivity contribution in [2.45, 2.75) is 12.3 Å². The first-order chi connectivity index (χ1) is 11.5. The monoisotopic (exact) mass is 338 g/mol. The second-order valence-electron chi connectivity index (χ2n) is 5.20. The number of benzene rings is 2. The first kappa shape index (κ1) is 17.8. The molecule has 2 rings (SSSR count). The summed E-state index contributed by atoms with van der Waals surface area (Å²) in [6, 6.07) is 9.47. The topological polar surface area (TPSA) is 61.4 Å². The van der Waals surface area contributed by atoms with Gasteiger partial charge in [-0.2, -0.15) is 0 Å². The molecule has 0 heterocycles. The van der Waals surface area contributed by atoms with Crippen LogP contribution in [-0.4, -0.2) is 24.3 Å². The number of aliphatic hydroxyl groups is 1. The van der Waals surface area contributed by atoms with E-state index in [0.717, 1.165) is 5.56 Å². The van der Waals surface area contributed by atoms with Gasteiger partial charge in [-0.1, -0.05) is 30.3 Å². The van der Waals surface area contributed by atoms with Crippen LogP contribution in [0, 0.1) is 17.5 Å². The summed E-state index contributed by atoms with van der Waals surface area (Å²) in [4.78, 5) is 11.8. The highest BCUT2D eigenvalue weighted by Gasteiger charge is 2.15. The van der Waals surface area contributed by atoms with Crippen LogP contribution in [0.25, 0.3) is 0 Å². The molecule has 0 aliphatic carbocycles. The normalized spacial score (nSPS) is 11.8. The Bertz CT molecular complexity index is 696. The average Bonchev–Trinajstić information content (AvgIpc) is 2.57. The molecule has 7 heteroatoms.